The molecule has 0 aliphatic carbocycles. The summed E-state index contributed by atoms with van der Waals surface area (Å²) in [5.41, 5.74) is 0.132. The van der Waals surface area contributed by atoms with Gasteiger partial charge < -0.3 is 10.2 Å². The Morgan fingerprint density at radius 2 is 2.28 bits per heavy atom. The molecule has 1 aliphatic heterocycles. The molecular formula is C13H20N2OS2. The molecule has 3 nitrogen and oxygen atoms in total. The summed E-state index contributed by atoms with van der Waals surface area (Å²) in [6.07, 6.45) is 1.15. The summed E-state index contributed by atoms with van der Waals surface area (Å²) in [6.45, 7) is 2.76. The van der Waals surface area contributed by atoms with Crippen molar-refractivity contribution in [2.24, 2.45) is 0 Å². The van der Waals surface area contributed by atoms with Crippen molar-refractivity contribution in [2.45, 2.75) is 18.9 Å². The zero-order chi connectivity index (χ0) is 13.2. The summed E-state index contributed by atoms with van der Waals surface area (Å²) in [4.78, 5) is 16.3. The van der Waals surface area contributed by atoms with Crippen molar-refractivity contribution >= 4 is 29.0 Å². The predicted octanol–water partition coefficient (Wildman–Crippen LogP) is 2.22. The van der Waals surface area contributed by atoms with E-state index in [9.17, 15) is 4.79 Å². The average Bonchev–Trinajstić information content (AvgIpc) is 2.95. The lowest BCUT2D eigenvalue weighted by Crippen LogP contribution is -2.52. The molecule has 5 heteroatoms. The number of nitrogens with one attached hydrogen (secondary N) is 1. The third-order valence-corrected chi connectivity index (χ3v) is 5.81. The van der Waals surface area contributed by atoms with Crippen LogP contribution < -0.4 is 5.32 Å². The maximum Gasteiger partial charge on any atom is 0.261 e. The second kappa shape index (κ2) is 5.63. The van der Waals surface area contributed by atoms with Crippen LogP contribution in [-0.2, 0) is 0 Å². The van der Waals surface area contributed by atoms with Crippen molar-refractivity contribution in [3.63, 3.8) is 0 Å². The van der Waals surface area contributed by atoms with Crippen LogP contribution >= 0.6 is 23.1 Å². The second-order valence-corrected chi connectivity index (χ2v) is 7.41. The number of likely N-dealkylation sites (N-methyl/N-ethyl adjacent to an activating group) is 1. The van der Waals surface area contributed by atoms with Gasteiger partial charge in [0.15, 0.2) is 0 Å². The highest BCUT2D eigenvalue weighted by Crippen LogP contribution is 2.31. The number of hydrogen-bond donors (Lipinski definition) is 1. The van der Waals surface area contributed by atoms with E-state index < -0.39 is 0 Å². The first-order valence-corrected chi connectivity index (χ1v) is 8.10. The van der Waals surface area contributed by atoms with Gasteiger partial charge >= 0.3 is 0 Å². The molecule has 2 rings (SSSR count). The molecule has 0 saturated carbocycles. The molecule has 0 bridgehead atoms. The first-order chi connectivity index (χ1) is 8.53. The van der Waals surface area contributed by atoms with Gasteiger partial charge in [-0.2, -0.15) is 11.8 Å². The van der Waals surface area contributed by atoms with Gasteiger partial charge in [-0.1, -0.05) is 0 Å². The third-order valence-electron chi connectivity index (χ3n) is 3.57. The standard InChI is InChI=1S/C13H20N2OS2/c1-10-4-5-11(18-10)12(16)14-8-13(15(2)3)6-7-17-9-13/h4-5H,6-9H2,1-3H3,(H,14,16). The number of rotatable bonds is 4. The van der Waals surface area contributed by atoms with Gasteiger partial charge in [0, 0.05) is 22.7 Å². The van der Waals surface area contributed by atoms with Crippen molar-refractivity contribution < 1.29 is 4.79 Å². The number of amides is 1. The van der Waals surface area contributed by atoms with E-state index in [4.69, 9.17) is 0 Å². The molecule has 18 heavy (non-hydrogen) atoms. The number of hydrogen-bond acceptors (Lipinski definition) is 4. The Bertz CT molecular complexity index is 422. The summed E-state index contributed by atoms with van der Waals surface area (Å²) in [5.74, 6) is 2.35. The van der Waals surface area contributed by atoms with Crippen LogP contribution in [-0.4, -0.2) is 48.5 Å². The van der Waals surface area contributed by atoms with Gasteiger partial charge in [-0.05, 0) is 45.3 Å². The Labute approximate surface area is 117 Å². The summed E-state index contributed by atoms with van der Waals surface area (Å²) < 4.78 is 0. The van der Waals surface area contributed by atoms with Crippen LogP contribution in [0.5, 0.6) is 0 Å². The number of carbonyl (C=O) groups excluding carboxylic acids is 1. The maximum absolute atomic E-state index is 12.1. The van der Waals surface area contributed by atoms with Crippen molar-refractivity contribution in [1.29, 1.82) is 0 Å². The molecule has 1 aliphatic rings. The van der Waals surface area contributed by atoms with E-state index >= 15 is 0 Å². The van der Waals surface area contributed by atoms with Gasteiger partial charge in [0.2, 0.25) is 0 Å². The highest BCUT2D eigenvalue weighted by Gasteiger charge is 2.36. The monoisotopic (exact) mass is 284 g/mol. The highest BCUT2D eigenvalue weighted by atomic mass is 32.2. The topological polar surface area (TPSA) is 32.3 Å². The molecule has 1 unspecified atom stereocenters. The van der Waals surface area contributed by atoms with Crippen molar-refractivity contribution in [1.82, 2.24) is 10.2 Å². The molecule has 1 saturated heterocycles. The van der Waals surface area contributed by atoms with Crippen LogP contribution in [0.25, 0.3) is 0 Å². The summed E-state index contributed by atoms with van der Waals surface area (Å²) in [7, 11) is 4.21. The Morgan fingerprint density at radius 3 is 2.78 bits per heavy atom. The minimum Gasteiger partial charge on any atom is -0.349 e. The zero-order valence-corrected chi connectivity index (χ0v) is 12.8. The van der Waals surface area contributed by atoms with Crippen molar-refractivity contribution in [3.8, 4) is 0 Å². The van der Waals surface area contributed by atoms with Gasteiger partial charge in [0.1, 0.15) is 0 Å². The van der Waals surface area contributed by atoms with Gasteiger partial charge in [0.05, 0.1) is 4.88 Å². The molecule has 1 fully saturated rings. The van der Waals surface area contributed by atoms with Crippen LogP contribution in [0.2, 0.25) is 0 Å². The fourth-order valence-electron chi connectivity index (χ4n) is 2.14. The van der Waals surface area contributed by atoms with E-state index in [1.54, 1.807) is 11.3 Å². The molecule has 0 radical (unpaired) electrons. The largest absolute Gasteiger partial charge is 0.349 e. The molecule has 1 aromatic rings. The smallest absolute Gasteiger partial charge is 0.261 e. The van der Waals surface area contributed by atoms with Crippen LogP contribution in [0.1, 0.15) is 21.0 Å². The number of thiophene rings is 1. The fourth-order valence-corrected chi connectivity index (χ4v) is 4.47. The minimum atomic E-state index is 0.0613. The minimum absolute atomic E-state index is 0.0613. The Morgan fingerprint density at radius 1 is 1.50 bits per heavy atom. The molecule has 1 amide bonds. The quantitative estimate of drug-likeness (QED) is 0.920. The zero-order valence-electron chi connectivity index (χ0n) is 11.2. The lowest BCUT2D eigenvalue weighted by Gasteiger charge is -2.35. The molecule has 100 valence electrons. The Hall–Kier alpha value is -0.520. The van der Waals surface area contributed by atoms with Gasteiger partial charge in [-0.25, -0.2) is 0 Å². The molecule has 0 aromatic carbocycles. The van der Waals surface area contributed by atoms with E-state index in [0.29, 0.717) is 0 Å². The lowest BCUT2D eigenvalue weighted by atomic mass is 9.97. The van der Waals surface area contributed by atoms with Crippen LogP contribution in [0.4, 0.5) is 0 Å². The van der Waals surface area contributed by atoms with E-state index in [2.05, 4.69) is 24.3 Å². The molecule has 1 atom stereocenters. The Balaban J connectivity index is 1.96. The van der Waals surface area contributed by atoms with Crippen molar-refractivity contribution in [3.05, 3.63) is 21.9 Å². The molecule has 0 spiro atoms. The fraction of sp³-hybridized carbons (Fsp3) is 0.615. The molecule has 1 aromatic heterocycles. The van der Waals surface area contributed by atoms with Crippen LogP contribution in [0.3, 0.4) is 0 Å². The van der Waals surface area contributed by atoms with Gasteiger partial charge in [0.25, 0.3) is 5.91 Å². The van der Waals surface area contributed by atoms with Crippen LogP contribution in [0, 0.1) is 6.92 Å². The first kappa shape index (κ1) is 13.9. The molecular weight excluding hydrogens is 264 g/mol. The lowest BCUT2D eigenvalue weighted by molar-refractivity contribution is 0.0918. The number of thioether (sulfide) groups is 1. The first-order valence-electron chi connectivity index (χ1n) is 6.13. The van der Waals surface area contributed by atoms with Gasteiger partial charge in [-0.3, -0.25) is 4.79 Å². The average molecular weight is 284 g/mol. The van der Waals surface area contributed by atoms with E-state index in [-0.39, 0.29) is 11.4 Å². The number of nitrogens with zero attached hydrogens (tertiary/aromatic N) is 1. The van der Waals surface area contributed by atoms with Crippen LogP contribution in [0.15, 0.2) is 12.1 Å². The van der Waals surface area contributed by atoms with Crippen molar-refractivity contribution in [2.75, 3.05) is 32.1 Å². The van der Waals surface area contributed by atoms with Gasteiger partial charge in [-0.15, -0.1) is 11.3 Å². The van der Waals surface area contributed by atoms with E-state index in [1.807, 2.05) is 30.8 Å². The SMILES string of the molecule is Cc1ccc(C(=O)NCC2(N(C)C)CCSC2)s1. The normalized spacial score (nSPS) is 23.6. The molecule has 2 heterocycles. The highest BCUT2D eigenvalue weighted by molar-refractivity contribution is 7.99. The predicted molar refractivity (Wildman–Crippen MR) is 79.7 cm³/mol. The van der Waals surface area contributed by atoms with E-state index in [0.717, 1.165) is 23.6 Å². The van der Waals surface area contributed by atoms with E-state index in [1.165, 1.54) is 10.6 Å². The summed E-state index contributed by atoms with van der Waals surface area (Å²) >= 11 is 3.53. The summed E-state index contributed by atoms with van der Waals surface area (Å²) in [5, 5.41) is 3.09. The Kier molecular flexibility index (Phi) is 4.35. The molecule has 1 N–H and O–H groups in total. The third kappa shape index (κ3) is 2.90. The number of aryl methyl sites for hydroxylation is 1. The second-order valence-electron chi connectivity index (χ2n) is 5.01. The summed E-state index contributed by atoms with van der Waals surface area (Å²) in [6, 6.07) is 3.90. The maximum atomic E-state index is 12.1. The number of carbonyl (C=O) groups is 1.